The third-order valence-corrected chi connectivity index (χ3v) is 3.02. The molecule has 108 valence electrons. The number of hydrogen-bond acceptors (Lipinski definition) is 6. The topological polar surface area (TPSA) is 48.4 Å². The maximum atomic E-state index is 5.99. The summed E-state index contributed by atoms with van der Waals surface area (Å²) in [4.78, 5) is 19.0. The van der Waals surface area contributed by atoms with E-state index in [1.54, 1.807) is 0 Å². The summed E-state index contributed by atoms with van der Waals surface area (Å²) in [5, 5.41) is 0.239. The lowest BCUT2D eigenvalue weighted by Gasteiger charge is -2.22. The summed E-state index contributed by atoms with van der Waals surface area (Å²) in [5.41, 5.74) is 0. The van der Waals surface area contributed by atoms with Crippen molar-refractivity contribution in [2.24, 2.45) is 0 Å². The van der Waals surface area contributed by atoms with Gasteiger partial charge in [0.25, 0.3) is 0 Å². The molecule has 6 nitrogen and oxygen atoms in total. The van der Waals surface area contributed by atoms with Crippen LogP contribution in [0, 0.1) is 0 Å². The Morgan fingerprint density at radius 1 is 0.895 bits per heavy atom. The number of aromatic nitrogens is 3. The first kappa shape index (κ1) is 15.9. The van der Waals surface area contributed by atoms with Crippen LogP contribution in [0.1, 0.15) is 13.8 Å². The van der Waals surface area contributed by atoms with Gasteiger partial charge in [-0.2, -0.15) is 15.0 Å². The molecule has 1 heterocycles. The SMILES string of the molecule is CCN(CC)c1nc(Cl)nc(N(C)CCN(C)C)n1. The van der Waals surface area contributed by atoms with Gasteiger partial charge in [-0.05, 0) is 39.5 Å². The van der Waals surface area contributed by atoms with Crippen molar-refractivity contribution >= 4 is 23.5 Å². The average molecular weight is 287 g/mol. The van der Waals surface area contributed by atoms with Crippen molar-refractivity contribution in [1.82, 2.24) is 19.9 Å². The second kappa shape index (κ2) is 7.45. The minimum atomic E-state index is 0.239. The molecule has 0 radical (unpaired) electrons. The van der Waals surface area contributed by atoms with E-state index in [-0.39, 0.29) is 5.28 Å². The molecule has 0 aliphatic heterocycles. The summed E-state index contributed by atoms with van der Waals surface area (Å²) < 4.78 is 0. The number of nitrogens with zero attached hydrogens (tertiary/aromatic N) is 6. The van der Waals surface area contributed by atoms with E-state index in [9.17, 15) is 0 Å². The second-order valence-electron chi connectivity index (χ2n) is 4.60. The Kier molecular flexibility index (Phi) is 6.24. The van der Waals surface area contributed by atoms with Crippen molar-refractivity contribution in [3.05, 3.63) is 5.28 Å². The molecular weight excluding hydrogens is 264 g/mol. The molecule has 0 unspecified atom stereocenters. The number of rotatable bonds is 7. The van der Waals surface area contributed by atoms with Gasteiger partial charge in [-0.1, -0.05) is 0 Å². The van der Waals surface area contributed by atoms with E-state index in [0.717, 1.165) is 26.2 Å². The van der Waals surface area contributed by atoms with Crippen molar-refractivity contribution in [1.29, 1.82) is 0 Å². The molecule has 0 fully saturated rings. The monoisotopic (exact) mass is 286 g/mol. The van der Waals surface area contributed by atoms with Crippen LogP contribution in [0.5, 0.6) is 0 Å². The first-order valence-electron chi connectivity index (χ1n) is 6.50. The normalized spacial score (nSPS) is 10.9. The number of halogens is 1. The van der Waals surface area contributed by atoms with Crippen molar-refractivity contribution < 1.29 is 0 Å². The molecule has 0 amide bonds. The van der Waals surface area contributed by atoms with Crippen molar-refractivity contribution in [3.8, 4) is 0 Å². The molecule has 7 heteroatoms. The predicted octanol–water partition coefficient (Wildman–Crippen LogP) is 1.37. The van der Waals surface area contributed by atoms with Crippen LogP contribution in [0.4, 0.5) is 11.9 Å². The zero-order valence-corrected chi connectivity index (χ0v) is 13.1. The molecule has 19 heavy (non-hydrogen) atoms. The molecule has 0 aliphatic carbocycles. The molecule has 0 saturated carbocycles. The van der Waals surface area contributed by atoms with Gasteiger partial charge in [-0.3, -0.25) is 0 Å². The van der Waals surface area contributed by atoms with Gasteiger partial charge in [0.2, 0.25) is 17.2 Å². The van der Waals surface area contributed by atoms with Gasteiger partial charge in [0.15, 0.2) is 0 Å². The maximum absolute atomic E-state index is 5.99. The van der Waals surface area contributed by atoms with Crippen LogP contribution in [0.2, 0.25) is 5.28 Å². The number of anilines is 2. The number of hydrogen-bond donors (Lipinski definition) is 0. The Morgan fingerprint density at radius 2 is 1.47 bits per heavy atom. The largest absolute Gasteiger partial charge is 0.342 e. The van der Waals surface area contributed by atoms with Gasteiger partial charge in [-0.25, -0.2) is 0 Å². The van der Waals surface area contributed by atoms with Crippen molar-refractivity contribution in [2.75, 3.05) is 57.1 Å². The van der Waals surface area contributed by atoms with E-state index < -0.39 is 0 Å². The van der Waals surface area contributed by atoms with Crippen LogP contribution in [0.15, 0.2) is 0 Å². The van der Waals surface area contributed by atoms with E-state index in [2.05, 4.69) is 38.6 Å². The zero-order valence-electron chi connectivity index (χ0n) is 12.4. The van der Waals surface area contributed by atoms with Gasteiger partial charge in [0, 0.05) is 33.2 Å². The van der Waals surface area contributed by atoms with Crippen LogP contribution in [-0.2, 0) is 0 Å². The summed E-state index contributed by atoms with van der Waals surface area (Å²) in [6, 6.07) is 0. The third kappa shape index (κ3) is 4.80. The van der Waals surface area contributed by atoms with Crippen LogP contribution >= 0.6 is 11.6 Å². The molecule has 0 spiro atoms. The van der Waals surface area contributed by atoms with Crippen LogP contribution in [0.3, 0.4) is 0 Å². The first-order valence-corrected chi connectivity index (χ1v) is 6.88. The molecule has 1 rings (SSSR count). The molecule has 1 aromatic heterocycles. The van der Waals surface area contributed by atoms with E-state index in [0.29, 0.717) is 11.9 Å². The van der Waals surface area contributed by atoms with Gasteiger partial charge >= 0.3 is 0 Å². The van der Waals surface area contributed by atoms with Gasteiger partial charge in [0.1, 0.15) is 0 Å². The van der Waals surface area contributed by atoms with E-state index in [4.69, 9.17) is 11.6 Å². The lowest BCUT2D eigenvalue weighted by Crippen LogP contribution is -2.31. The van der Waals surface area contributed by atoms with Crippen molar-refractivity contribution in [2.45, 2.75) is 13.8 Å². The maximum Gasteiger partial charge on any atom is 0.231 e. The highest BCUT2D eigenvalue weighted by atomic mass is 35.5. The van der Waals surface area contributed by atoms with Crippen molar-refractivity contribution in [3.63, 3.8) is 0 Å². The quantitative estimate of drug-likeness (QED) is 0.754. The molecule has 0 atom stereocenters. The van der Waals surface area contributed by atoms with E-state index >= 15 is 0 Å². The van der Waals surface area contributed by atoms with Gasteiger partial charge in [-0.15, -0.1) is 0 Å². The molecular formula is C12H23ClN6. The molecule has 0 aromatic carbocycles. The fourth-order valence-electron chi connectivity index (χ4n) is 1.60. The van der Waals surface area contributed by atoms with E-state index in [1.807, 2.05) is 26.0 Å². The number of likely N-dealkylation sites (N-methyl/N-ethyl adjacent to an activating group) is 2. The summed E-state index contributed by atoms with van der Waals surface area (Å²) >= 11 is 5.99. The van der Waals surface area contributed by atoms with Gasteiger partial charge in [0.05, 0.1) is 0 Å². The highest BCUT2D eigenvalue weighted by Gasteiger charge is 2.12. The fourth-order valence-corrected chi connectivity index (χ4v) is 1.75. The molecule has 1 aromatic rings. The fraction of sp³-hybridized carbons (Fsp3) is 0.750. The Labute approximate surface area is 120 Å². The Bertz CT molecular complexity index is 394. The minimum Gasteiger partial charge on any atom is -0.342 e. The molecule has 0 saturated heterocycles. The lowest BCUT2D eigenvalue weighted by atomic mass is 10.5. The van der Waals surface area contributed by atoms with Crippen LogP contribution in [-0.4, -0.2) is 67.2 Å². The average Bonchev–Trinajstić information content (AvgIpc) is 2.36. The highest BCUT2D eigenvalue weighted by molar-refractivity contribution is 6.28. The smallest absolute Gasteiger partial charge is 0.231 e. The first-order chi connectivity index (χ1) is 8.97. The lowest BCUT2D eigenvalue weighted by molar-refractivity contribution is 0.415. The molecule has 0 bridgehead atoms. The van der Waals surface area contributed by atoms with Gasteiger partial charge < -0.3 is 14.7 Å². The Balaban J connectivity index is 2.89. The van der Waals surface area contributed by atoms with E-state index in [1.165, 1.54) is 0 Å². The molecule has 0 aliphatic rings. The van der Waals surface area contributed by atoms with Crippen LogP contribution < -0.4 is 9.80 Å². The highest BCUT2D eigenvalue weighted by Crippen LogP contribution is 2.15. The third-order valence-electron chi connectivity index (χ3n) is 2.85. The molecule has 0 N–H and O–H groups in total. The predicted molar refractivity (Wildman–Crippen MR) is 80.2 cm³/mol. The summed E-state index contributed by atoms with van der Waals surface area (Å²) in [6.45, 7) is 7.59. The minimum absolute atomic E-state index is 0.239. The zero-order chi connectivity index (χ0) is 14.4. The summed E-state index contributed by atoms with van der Waals surface area (Å²) in [6.07, 6.45) is 0. The van der Waals surface area contributed by atoms with Crippen LogP contribution in [0.25, 0.3) is 0 Å². The second-order valence-corrected chi connectivity index (χ2v) is 4.94. The Hall–Kier alpha value is -1.14. The Morgan fingerprint density at radius 3 is 2.00 bits per heavy atom. The summed E-state index contributed by atoms with van der Waals surface area (Å²) in [7, 11) is 6.03. The standard InChI is InChI=1S/C12H23ClN6/c1-6-19(7-2)12-15-10(13)14-11(16-12)18(5)9-8-17(3)4/h6-9H2,1-5H3. The summed E-state index contributed by atoms with van der Waals surface area (Å²) in [5.74, 6) is 1.25.